The van der Waals surface area contributed by atoms with Crippen molar-refractivity contribution >= 4 is 12.0 Å². The van der Waals surface area contributed by atoms with E-state index in [0.29, 0.717) is 13.0 Å². The van der Waals surface area contributed by atoms with Gasteiger partial charge in [-0.15, -0.1) is 0 Å². The van der Waals surface area contributed by atoms with Crippen molar-refractivity contribution in [2.75, 3.05) is 6.54 Å². The van der Waals surface area contributed by atoms with Crippen LogP contribution < -0.4 is 10.6 Å². The minimum atomic E-state index is -1.03. The predicted octanol–water partition coefficient (Wildman–Crippen LogP) is 2.34. The molecule has 21 heavy (non-hydrogen) atoms. The van der Waals surface area contributed by atoms with Crippen molar-refractivity contribution in [3.63, 3.8) is 0 Å². The summed E-state index contributed by atoms with van der Waals surface area (Å²) >= 11 is 0. The normalized spacial score (nSPS) is 12.6. The lowest BCUT2D eigenvalue weighted by Gasteiger charge is -2.27. The van der Waals surface area contributed by atoms with E-state index in [1.807, 2.05) is 25.1 Å². The number of rotatable bonds is 5. The monoisotopic (exact) mass is 292 g/mol. The van der Waals surface area contributed by atoms with Gasteiger partial charge in [0.05, 0.1) is 0 Å². The molecule has 2 amide bonds. The number of carbonyl (C=O) groups excluding carboxylic acids is 1. The first-order chi connectivity index (χ1) is 9.70. The Bertz CT molecular complexity index is 506. The van der Waals surface area contributed by atoms with Crippen LogP contribution in [0, 0.1) is 12.3 Å². The highest BCUT2D eigenvalue weighted by atomic mass is 16.4. The van der Waals surface area contributed by atoms with Crippen LogP contribution in [0.2, 0.25) is 0 Å². The topological polar surface area (TPSA) is 78.4 Å². The highest BCUT2D eigenvalue weighted by Gasteiger charge is 2.32. The Morgan fingerprint density at radius 2 is 1.95 bits per heavy atom. The van der Waals surface area contributed by atoms with E-state index < -0.39 is 23.5 Å². The minimum absolute atomic E-state index is 0.454. The number of aliphatic carboxylic acids is 1. The number of carboxylic acid groups (broad SMARTS) is 1. The second-order valence-electron chi connectivity index (χ2n) is 6.28. The van der Waals surface area contributed by atoms with Gasteiger partial charge in [-0.2, -0.15) is 0 Å². The molecule has 0 fully saturated rings. The van der Waals surface area contributed by atoms with Gasteiger partial charge in [-0.3, -0.25) is 0 Å². The summed E-state index contributed by atoms with van der Waals surface area (Å²) in [5, 5.41) is 14.3. The Morgan fingerprint density at radius 1 is 1.29 bits per heavy atom. The van der Waals surface area contributed by atoms with Gasteiger partial charge in [-0.25, -0.2) is 9.59 Å². The highest BCUT2D eigenvalue weighted by molar-refractivity contribution is 5.83. The lowest BCUT2D eigenvalue weighted by Crippen LogP contribution is -2.52. The van der Waals surface area contributed by atoms with Crippen LogP contribution >= 0.6 is 0 Å². The third-order valence-corrected chi connectivity index (χ3v) is 3.17. The van der Waals surface area contributed by atoms with E-state index in [2.05, 4.69) is 16.7 Å². The minimum Gasteiger partial charge on any atom is -0.480 e. The molecule has 1 atom stereocenters. The molecule has 1 aromatic rings. The first-order valence-electron chi connectivity index (χ1n) is 7.03. The van der Waals surface area contributed by atoms with Crippen molar-refractivity contribution in [2.24, 2.45) is 5.41 Å². The molecule has 0 spiro atoms. The fraction of sp³-hybridized carbons (Fsp3) is 0.500. The Balaban J connectivity index is 2.45. The molecular formula is C16H24N2O3. The molecule has 0 saturated heterocycles. The van der Waals surface area contributed by atoms with Gasteiger partial charge in [0.25, 0.3) is 0 Å². The predicted molar refractivity (Wildman–Crippen MR) is 82.3 cm³/mol. The maximum absolute atomic E-state index is 11.8. The van der Waals surface area contributed by atoms with Crippen molar-refractivity contribution in [3.8, 4) is 0 Å². The second-order valence-corrected chi connectivity index (χ2v) is 6.28. The van der Waals surface area contributed by atoms with Crippen LogP contribution in [0.3, 0.4) is 0 Å². The van der Waals surface area contributed by atoms with Crippen LogP contribution in [0.5, 0.6) is 0 Å². The van der Waals surface area contributed by atoms with Gasteiger partial charge < -0.3 is 15.7 Å². The SMILES string of the molecule is Cc1cccc(CCNC(=O)N[C@H](C(=O)O)C(C)(C)C)c1. The van der Waals surface area contributed by atoms with Crippen LogP contribution in [-0.2, 0) is 11.2 Å². The zero-order valence-corrected chi connectivity index (χ0v) is 13.1. The lowest BCUT2D eigenvalue weighted by atomic mass is 9.87. The zero-order chi connectivity index (χ0) is 16.0. The standard InChI is InChI=1S/C16H24N2O3/c1-11-6-5-7-12(10-11)8-9-17-15(21)18-13(14(19)20)16(2,3)4/h5-7,10,13H,8-9H2,1-4H3,(H,19,20)(H2,17,18,21)/t13-/m1/s1. The molecule has 5 heteroatoms. The molecule has 0 aliphatic heterocycles. The van der Waals surface area contributed by atoms with Gasteiger partial charge >= 0.3 is 12.0 Å². The van der Waals surface area contributed by atoms with Crippen LogP contribution in [0.1, 0.15) is 31.9 Å². The van der Waals surface area contributed by atoms with E-state index in [1.165, 1.54) is 5.56 Å². The van der Waals surface area contributed by atoms with Gasteiger partial charge in [-0.1, -0.05) is 50.6 Å². The Hall–Kier alpha value is -2.04. The Labute approximate surface area is 125 Å². The molecule has 0 aliphatic rings. The summed E-state index contributed by atoms with van der Waals surface area (Å²) in [7, 11) is 0. The van der Waals surface area contributed by atoms with Crippen molar-refractivity contribution in [1.82, 2.24) is 10.6 Å². The van der Waals surface area contributed by atoms with Gasteiger partial charge in [-0.05, 0) is 24.3 Å². The molecule has 0 radical (unpaired) electrons. The van der Waals surface area contributed by atoms with Gasteiger partial charge in [0.15, 0.2) is 0 Å². The number of urea groups is 1. The van der Waals surface area contributed by atoms with Gasteiger partial charge in [0.1, 0.15) is 6.04 Å². The Kier molecular flexibility index (Phi) is 5.76. The molecular weight excluding hydrogens is 268 g/mol. The van der Waals surface area contributed by atoms with Crippen LogP contribution in [0.25, 0.3) is 0 Å². The van der Waals surface area contributed by atoms with E-state index in [1.54, 1.807) is 20.8 Å². The molecule has 0 aromatic heterocycles. The fourth-order valence-electron chi connectivity index (χ4n) is 2.02. The van der Waals surface area contributed by atoms with E-state index in [-0.39, 0.29) is 0 Å². The molecule has 0 saturated carbocycles. The van der Waals surface area contributed by atoms with E-state index >= 15 is 0 Å². The van der Waals surface area contributed by atoms with Crippen LogP contribution in [0.4, 0.5) is 4.79 Å². The number of hydrogen-bond acceptors (Lipinski definition) is 2. The van der Waals surface area contributed by atoms with Crippen LogP contribution in [0.15, 0.2) is 24.3 Å². The quantitative estimate of drug-likeness (QED) is 0.779. The number of carboxylic acids is 1. The molecule has 5 nitrogen and oxygen atoms in total. The summed E-state index contributed by atoms with van der Waals surface area (Å²) in [6, 6.07) is 6.69. The average Bonchev–Trinajstić information content (AvgIpc) is 2.34. The highest BCUT2D eigenvalue weighted by Crippen LogP contribution is 2.19. The number of carbonyl (C=O) groups is 2. The zero-order valence-electron chi connectivity index (χ0n) is 13.1. The number of aryl methyl sites for hydroxylation is 1. The maximum Gasteiger partial charge on any atom is 0.326 e. The Morgan fingerprint density at radius 3 is 2.48 bits per heavy atom. The lowest BCUT2D eigenvalue weighted by molar-refractivity contribution is -0.141. The molecule has 0 aliphatic carbocycles. The third kappa shape index (κ3) is 5.85. The van der Waals surface area contributed by atoms with Crippen molar-refractivity contribution in [1.29, 1.82) is 0 Å². The number of amides is 2. The number of nitrogens with one attached hydrogen (secondary N) is 2. The smallest absolute Gasteiger partial charge is 0.326 e. The molecule has 3 N–H and O–H groups in total. The molecule has 1 rings (SSSR count). The largest absolute Gasteiger partial charge is 0.480 e. The fourth-order valence-corrected chi connectivity index (χ4v) is 2.02. The summed E-state index contributed by atoms with van der Waals surface area (Å²) < 4.78 is 0. The average molecular weight is 292 g/mol. The third-order valence-electron chi connectivity index (χ3n) is 3.17. The van der Waals surface area contributed by atoms with Crippen LogP contribution in [-0.4, -0.2) is 29.7 Å². The van der Waals surface area contributed by atoms with Gasteiger partial charge in [0.2, 0.25) is 0 Å². The summed E-state index contributed by atoms with van der Waals surface area (Å²) in [4.78, 5) is 22.9. The van der Waals surface area contributed by atoms with Gasteiger partial charge in [0, 0.05) is 6.54 Å². The summed E-state index contributed by atoms with van der Waals surface area (Å²) in [6.07, 6.45) is 0.711. The molecule has 116 valence electrons. The number of benzene rings is 1. The summed E-state index contributed by atoms with van der Waals surface area (Å²) in [5.41, 5.74) is 1.77. The molecule has 1 aromatic carbocycles. The van der Waals surface area contributed by atoms with E-state index in [4.69, 9.17) is 5.11 Å². The van der Waals surface area contributed by atoms with Crippen molar-refractivity contribution in [2.45, 2.75) is 40.2 Å². The number of hydrogen-bond donors (Lipinski definition) is 3. The van der Waals surface area contributed by atoms with Crippen molar-refractivity contribution in [3.05, 3.63) is 35.4 Å². The summed E-state index contributed by atoms with van der Waals surface area (Å²) in [5.74, 6) is -1.03. The first kappa shape index (κ1) is 17.0. The maximum atomic E-state index is 11.8. The summed E-state index contributed by atoms with van der Waals surface area (Å²) in [6.45, 7) is 7.81. The second kappa shape index (κ2) is 7.11. The van der Waals surface area contributed by atoms with E-state index in [9.17, 15) is 9.59 Å². The molecule has 0 bridgehead atoms. The van der Waals surface area contributed by atoms with E-state index in [0.717, 1.165) is 5.56 Å². The molecule has 0 heterocycles. The first-order valence-corrected chi connectivity index (χ1v) is 7.03. The van der Waals surface area contributed by atoms with Crippen molar-refractivity contribution < 1.29 is 14.7 Å². The molecule has 0 unspecified atom stereocenters.